The molecule has 0 saturated heterocycles. The van der Waals surface area contributed by atoms with Crippen LogP contribution in [0.25, 0.3) is 11.8 Å². The Morgan fingerprint density at radius 2 is 1.94 bits per heavy atom. The lowest BCUT2D eigenvalue weighted by molar-refractivity contribution is -0.137. The Labute approximate surface area is 189 Å². The summed E-state index contributed by atoms with van der Waals surface area (Å²) in [5.74, 6) is -0.467. The fourth-order valence-electron chi connectivity index (χ4n) is 5.14. The average molecular weight is 435 g/mol. The maximum absolute atomic E-state index is 13.6. The van der Waals surface area contributed by atoms with Gasteiger partial charge in [0.15, 0.2) is 0 Å². The monoisotopic (exact) mass is 434 g/mol. The van der Waals surface area contributed by atoms with Gasteiger partial charge >= 0.3 is 0 Å². The maximum atomic E-state index is 13.6. The van der Waals surface area contributed by atoms with Crippen LogP contribution in [0.4, 0.5) is 4.39 Å². The normalized spacial score (nSPS) is 21.4. The van der Waals surface area contributed by atoms with Crippen molar-refractivity contribution in [3.8, 4) is 11.8 Å². The highest BCUT2D eigenvalue weighted by molar-refractivity contribution is 5.83. The van der Waals surface area contributed by atoms with E-state index in [2.05, 4.69) is 25.0 Å². The predicted octanol–water partition coefficient (Wildman–Crippen LogP) is 5.30. The number of carbonyl (C=O) groups excluding carboxylic acids is 1. The Morgan fingerprint density at radius 3 is 2.56 bits per heavy atom. The minimum atomic E-state index is -0.794. The van der Waals surface area contributed by atoms with Gasteiger partial charge in [0.05, 0.1) is 35.0 Å². The zero-order chi connectivity index (χ0) is 22.7. The van der Waals surface area contributed by atoms with Gasteiger partial charge in [0.1, 0.15) is 5.82 Å². The Morgan fingerprint density at radius 1 is 1.25 bits per heavy atom. The van der Waals surface area contributed by atoms with E-state index in [1.165, 1.54) is 12.1 Å². The molecule has 2 unspecified atom stereocenters. The van der Waals surface area contributed by atoms with E-state index in [4.69, 9.17) is 0 Å². The number of hydrogen-bond donors (Lipinski definition) is 0. The predicted molar refractivity (Wildman–Crippen MR) is 122 cm³/mol. The first-order chi connectivity index (χ1) is 15.5. The quantitative estimate of drug-likeness (QED) is 0.566. The summed E-state index contributed by atoms with van der Waals surface area (Å²) in [7, 11) is 0. The van der Waals surface area contributed by atoms with Gasteiger partial charge in [-0.1, -0.05) is 26.7 Å². The molecule has 1 aromatic carbocycles. The summed E-state index contributed by atoms with van der Waals surface area (Å²) in [5, 5.41) is 14.9. The van der Waals surface area contributed by atoms with E-state index in [1.807, 2.05) is 11.0 Å². The molecule has 0 radical (unpaired) electrons. The van der Waals surface area contributed by atoms with Crippen LogP contribution in [0.2, 0.25) is 0 Å². The first kappa shape index (κ1) is 22.3. The number of benzene rings is 1. The average Bonchev–Trinajstić information content (AvgIpc) is 3.38. The molecule has 6 heteroatoms. The number of unbranched alkanes of at least 4 members (excludes halogenated alkanes) is 2. The van der Waals surface area contributed by atoms with Crippen LogP contribution in [-0.4, -0.2) is 33.7 Å². The first-order valence-corrected chi connectivity index (χ1v) is 11.8. The lowest BCUT2D eigenvalue weighted by Gasteiger charge is -2.35. The van der Waals surface area contributed by atoms with Gasteiger partial charge < -0.3 is 4.90 Å². The van der Waals surface area contributed by atoms with Gasteiger partial charge in [-0.15, -0.1) is 0 Å². The molecule has 1 heterocycles. The van der Waals surface area contributed by atoms with Crippen LogP contribution >= 0.6 is 0 Å². The zero-order valence-corrected chi connectivity index (χ0v) is 19.0. The van der Waals surface area contributed by atoms with Crippen LogP contribution in [0, 0.1) is 28.5 Å². The molecule has 32 heavy (non-hydrogen) atoms. The number of carbonyl (C=O) groups is 1. The van der Waals surface area contributed by atoms with Crippen molar-refractivity contribution in [3.05, 3.63) is 53.1 Å². The van der Waals surface area contributed by atoms with E-state index in [0.29, 0.717) is 12.8 Å². The standard InChI is InChI=1S/C26H31FN4O/c1-3-5-13-30(14-6-4-2)25(32)23-12-7-20-15-24-19(16-26(20,23)18-28)17-29-31(24)22-10-8-21(27)9-11-22/h8-11,15,17,23H,3-7,12-14,16H2,1-2H3. The number of amides is 1. The van der Waals surface area contributed by atoms with Crippen molar-refractivity contribution < 1.29 is 9.18 Å². The van der Waals surface area contributed by atoms with Crippen LogP contribution in [0.15, 0.2) is 36.0 Å². The van der Waals surface area contributed by atoms with Gasteiger partial charge in [-0.25, -0.2) is 9.07 Å². The topological polar surface area (TPSA) is 61.9 Å². The second kappa shape index (κ2) is 9.28. The van der Waals surface area contributed by atoms with Crippen molar-refractivity contribution >= 4 is 12.0 Å². The minimum absolute atomic E-state index is 0.131. The highest BCUT2D eigenvalue weighted by atomic mass is 19.1. The Balaban J connectivity index is 1.65. The van der Waals surface area contributed by atoms with Gasteiger partial charge in [0, 0.05) is 13.1 Å². The number of halogens is 1. The molecule has 1 amide bonds. The first-order valence-electron chi connectivity index (χ1n) is 11.8. The molecule has 2 aromatic rings. The summed E-state index contributed by atoms with van der Waals surface area (Å²) in [4.78, 5) is 15.6. The lowest BCUT2D eigenvalue weighted by Crippen LogP contribution is -2.44. The van der Waals surface area contributed by atoms with Crippen molar-refractivity contribution in [1.29, 1.82) is 5.26 Å². The van der Waals surface area contributed by atoms with Crippen molar-refractivity contribution in [3.63, 3.8) is 0 Å². The number of nitriles is 1. The molecule has 0 bridgehead atoms. The third-order valence-electron chi connectivity index (χ3n) is 6.98. The second-order valence-electron chi connectivity index (χ2n) is 9.00. The minimum Gasteiger partial charge on any atom is -0.342 e. The Hall–Kier alpha value is -2.94. The van der Waals surface area contributed by atoms with Crippen LogP contribution in [0.1, 0.15) is 63.6 Å². The molecule has 0 N–H and O–H groups in total. The van der Waals surface area contributed by atoms with E-state index >= 15 is 0 Å². The van der Waals surface area contributed by atoms with Crippen LogP contribution in [0.3, 0.4) is 0 Å². The third kappa shape index (κ3) is 3.85. The summed E-state index contributed by atoms with van der Waals surface area (Å²) < 4.78 is 15.2. The van der Waals surface area contributed by atoms with Gasteiger partial charge in [-0.2, -0.15) is 10.4 Å². The molecule has 4 rings (SSSR count). The number of nitrogens with zero attached hydrogens (tertiary/aromatic N) is 4. The van der Waals surface area contributed by atoms with Crippen molar-refractivity contribution in [2.24, 2.45) is 11.3 Å². The molecular formula is C26H31FN4O. The molecule has 1 aromatic heterocycles. The Kier molecular flexibility index (Phi) is 6.45. The number of allylic oxidation sites excluding steroid dienone is 1. The SMILES string of the molecule is CCCCN(CCCC)C(=O)C1CCC2=Cc3c(cnn3-c3ccc(F)cc3)CC21C#N. The molecule has 2 atom stereocenters. The second-order valence-corrected chi connectivity index (χ2v) is 9.00. The summed E-state index contributed by atoms with van der Waals surface area (Å²) in [6.07, 6.45) is 9.84. The van der Waals surface area contributed by atoms with Gasteiger partial charge in [-0.3, -0.25) is 4.79 Å². The summed E-state index contributed by atoms with van der Waals surface area (Å²) in [6.45, 7) is 5.80. The van der Waals surface area contributed by atoms with E-state index < -0.39 is 5.41 Å². The number of aromatic nitrogens is 2. The summed E-state index contributed by atoms with van der Waals surface area (Å²) >= 11 is 0. The third-order valence-corrected chi connectivity index (χ3v) is 6.98. The van der Waals surface area contributed by atoms with Gasteiger partial charge in [-0.05, 0) is 73.6 Å². The highest BCUT2D eigenvalue weighted by Gasteiger charge is 2.53. The van der Waals surface area contributed by atoms with Crippen molar-refractivity contribution in [1.82, 2.24) is 14.7 Å². The molecule has 1 fully saturated rings. The molecule has 2 aliphatic rings. The summed E-state index contributed by atoms with van der Waals surface area (Å²) in [5.41, 5.74) is 2.91. The van der Waals surface area contributed by atoms with E-state index in [-0.39, 0.29) is 17.6 Å². The van der Waals surface area contributed by atoms with Gasteiger partial charge in [0.25, 0.3) is 0 Å². The van der Waals surface area contributed by atoms with E-state index in [1.54, 1.807) is 23.0 Å². The maximum Gasteiger partial charge on any atom is 0.227 e. The lowest BCUT2D eigenvalue weighted by atomic mass is 9.69. The molecule has 0 spiro atoms. The summed E-state index contributed by atoms with van der Waals surface area (Å²) in [6, 6.07) is 8.82. The number of fused-ring (bicyclic) bond motifs is 2. The van der Waals surface area contributed by atoms with Crippen LogP contribution < -0.4 is 0 Å². The van der Waals surface area contributed by atoms with E-state index in [9.17, 15) is 14.4 Å². The molecular weight excluding hydrogens is 403 g/mol. The number of hydrogen-bond acceptors (Lipinski definition) is 3. The highest BCUT2D eigenvalue weighted by Crippen LogP contribution is 2.53. The van der Waals surface area contributed by atoms with Crippen LogP contribution in [-0.2, 0) is 11.2 Å². The zero-order valence-electron chi connectivity index (χ0n) is 19.0. The molecule has 168 valence electrons. The largest absolute Gasteiger partial charge is 0.342 e. The Bertz CT molecular complexity index is 1040. The fraction of sp³-hybridized carbons (Fsp3) is 0.500. The fourth-order valence-corrected chi connectivity index (χ4v) is 5.14. The smallest absolute Gasteiger partial charge is 0.227 e. The number of rotatable bonds is 8. The van der Waals surface area contributed by atoms with Crippen LogP contribution in [0.5, 0.6) is 0 Å². The molecule has 1 saturated carbocycles. The molecule has 5 nitrogen and oxygen atoms in total. The molecule has 0 aliphatic heterocycles. The van der Waals surface area contributed by atoms with Gasteiger partial charge in [0.2, 0.25) is 5.91 Å². The molecule has 2 aliphatic carbocycles. The van der Waals surface area contributed by atoms with Crippen molar-refractivity contribution in [2.75, 3.05) is 13.1 Å². The van der Waals surface area contributed by atoms with E-state index in [0.717, 1.165) is 67.7 Å². The van der Waals surface area contributed by atoms with Crippen molar-refractivity contribution in [2.45, 2.75) is 58.8 Å².